The molecule has 25 heavy (non-hydrogen) atoms. The third-order valence-corrected chi connectivity index (χ3v) is 4.71. The maximum absolute atomic E-state index is 12.5. The summed E-state index contributed by atoms with van der Waals surface area (Å²) in [5.74, 6) is -0.110. The Morgan fingerprint density at radius 2 is 1.92 bits per heavy atom. The molecule has 1 rings (SSSR count). The van der Waals surface area contributed by atoms with Gasteiger partial charge in [-0.15, -0.1) is 11.3 Å². The Morgan fingerprint density at radius 1 is 1.16 bits per heavy atom. The van der Waals surface area contributed by atoms with E-state index in [4.69, 9.17) is 0 Å². The van der Waals surface area contributed by atoms with E-state index in [1.807, 2.05) is 26.4 Å². The monoisotopic (exact) mass is 368 g/mol. The van der Waals surface area contributed by atoms with E-state index < -0.39 is 0 Å². The Hall–Kier alpha value is -1.47. The number of anilines is 1. The van der Waals surface area contributed by atoms with E-state index in [2.05, 4.69) is 22.1 Å². The highest BCUT2D eigenvalue weighted by Gasteiger charge is 2.17. The minimum absolute atomic E-state index is 0.0697. The summed E-state index contributed by atoms with van der Waals surface area (Å²) in [7, 11) is 4.02. The van der Waals surface area contributed by atoms with Gasteiger partial charge in [0.25, 0.3) is 0 Å². The normalized spacial score (nSPS) is 10.9. The van der Waals surface area contributed by atoms with Crippen LogP contribution in [-0.4, -0.2) is 60.3 Å². The van der Waals surface area contributed by atoms with Crippen LogP contribution in [0.1, 0.15) is 51.1 Å². The first kappa shape index (κ1) is 21.6. The molecule has 1 aromatic heterocycles. The zero-order valence-electron chi connectivity index (χ0n) is 16.0. The number of amides is 2. The Bertz CT molecular complexity index is 531. The molecular formula is C18H32N4O2S. The topological polar surface area (TPSA) is 65.5 Å². The van der Waals surface area contributed by atoms with E-state index in [1.54, 1.807) is 4.90 Å². The fraction of sp³-hybridized carbons (Fsp3) is 0.722. The number of thiazole rings is 1. The minimum atomic E-state index is -0.180. The Labute approximate surface area is 155 Å². The van der Waals surface area contributed by atoms with E-state index >= 15 is 0 Å². The summed E-state index contributed by atoms with van der Waals surface area (Å²) in [6, 6.07) is 0. The zero-order valence-corrected chi connectivity index (χ0v) is 16.8. The molecule has 1 aromatic rings. The van der Waals surface area contributed by atoms with Crippen LogP contribution in [-0.2, 0) is 9.59 Å². The van der Waals surface area contributed by atoms with Gasteiger partial charge in [0.1, 0.15) is 0 Å². The van der Waals surface area contributed by atoms with Gasteiger partial charge >= 0.3 is 0 Å². The van der Waals surface area contributed by atoms with Gasteiger partial charge in [-0.2, -0.15) is 0 Å². The number of rotatable bonds is 12. The average Bonchev–Trinajstić information content (AvgIpc) is 2.95. The summed E-state index contributed by atoms with van der Waals surface area (Å²) in [6.07, 6.45) is 5.64. The van der Waals surface area contributed by atoms with Crippen LogP contribution >= 0.6 is 11.3 Å². The van der Waals surface area contributed by atoms with Crippen LogP contribution in [0, 0.1) is 6.92 Å². The van der Waals surface area contributed by atoms with Gasteiger partial charge in [0.05, 0.1) is 12.2 Å². The SMILES string of the molecule is CCCCCCC(=O)N(CCCN(C)C)CC(=O)Nc1nc(C)cs1. The van der Waals surface area contributed by atoms with Crippen molar-refractivity contribution >= 4 is 28.3 Å². The maximum atomic E-state index is 12.5. The molecule has 0 aliphatic rings. The maximum Gasteiger partial charge on any atom is 0.245 e. The molecule has 0 saturated heterocycles. The van der Waals surface area contributed by atoms with E-state index in [9.17, 15) is 9.59 Å². The average molecular weight is 369 g/mol. The van der Waals surface area contributed by atoms with Gasteiger partial charge < -0.3 is 15.1 Å². The molecule has 0 atom stereocenters. The van der Waals surface area contributed by atoms with Crippen LogP contribution in [0.15, 0.2) is 5.38 Å². The number of nitrogens with one attached hydrogen (secondary N) is 1. The molecule has 0 unspecified atom stereocenters. The Kier molecular flexibility index (Phi) is 10.3. The molecular weight excluding hydrogens is 336 g/mol. The second-order valence-corrected chi connectivity index (χ2v) is 7.48. The quantitative estimate of drug-likeness (QED) is 0.576. The van der Waals surface area contributed by atoms with E-state index in [0.29, 0.717) is 18.1 Å². The van der Waals surface area contributed by atoms with E-state index in [-0.39, 0.29) is 18.4 Å². The highest BCUT2D eigenvalue weighted by Crippen LogP contribution is 2.14. The molecule has 0 bridgehead atoms. The highest BCUT2D eigenvalue weighted by molar-refractivity contribution is 7.13. The van der Waals surface area contributed by atoms with Gasteiger partial charge in [0.2, 0.25) is 11.8 Å². The third kappa shape index (κ3) is 9.55. The number of aromatic nitrogens is 1. The van der Waals surface area contributed by atoms with Crippen molar-refractivity contribution < 1.29 is 9.59 Å². The van der Waals surface area contributed by atoms with Crippen molar-refractivity contribution in [1.82, 2.24) is 14.8 Å². The number of aryl methyl sites for hydroxylation is 1. The van der Waals surface area contributed by atoms with Gasteiger partial charge in [-0.25, -0.2) is 4.98 Å². The molecule has 142 valence electrons. The van der Waals surface area contributed by atoms with Crippen LogP contribution in [0.5, 0.6) is 0 Å². The lowest BCUT2D eigenvalue weighted by atomic mass is 10.1. The predicted molar refractivity (Wildman–Crippen MR) is 104 cm³/mol. The molecule has 2 amide bonds. The van der Waals surface area contributed by atoms with Crippen molar-refractivity contribution in [1.29, 1.82) is 0 Å². The molecule has 0 aliphatic carbocycles. The second-order valence-electron chi connectivity index (χ2n) is 6.62. The number of hydrogen-bond acceptors (Lipinski definition) is 5. The number of carbonyl (C=O) groups is 2. The smallest absolute Gasteiger partial charge is 0.245 e. The summed E-state index contributed by atoms with van der Waals surface area (Å²) in [5, 5.41) is 5.27. The Morgan fingerprint density at radius 3 is 2.52 bits per heavy atom. The molecule has 6 nitrogen and oxygen atoms in total. The number of nitrogens with zero attached hydrogens (tertiary/aromatic N) is 3. The summed E-state index contributed by atoms with van der Waals surface area (Å²) in [4.78, 5) is 32.8. The van der Waals surface area contributed by atoms with Crippen LogP contribution < -0.4 is 5.32 Å². The van der Waals surface area contributed by atoms with Gasteiger partial charge in [0, 0.05) is 18.3 Å². The first-order valence-corrected chi connectivity index (χ1v) is 9.94. The molecule has 0 spiro atoms. The standard InChI is InChI=1S/C18H32N4O2S/c1-5-6-7-8-10-17(24)22(12-9-11-21(3)4)13-16(23)20-18-19-15(2)14-25-18/h14H,5-13H2,1-4H3,(H,19,20,23). The number of hydrogen-bond donors (Lipinski definition) is 1. The molecule has 0 aromatic carbocycles. The number of unbranched alkanes of at least 4 members (excludes halogenated alkanes) is 3. The highest BCUT2D eigenvalue weighted by atomic mass is 32.1. The van der Waals surface area contributed by atoms with Gasteiger partial charge in [0.15, 0.2) is 5.13 Å². The number of carbonyl (C=O) groups excluding carboxylic acids is 2. The van der Waals surface area contributed by atoms with Crippen molar-refractivity contribution in [2.75, 3.05) is 39.0 Å². The van der Waals surface area contributed by atoms with E-state index in [0.717, 1.165) is 44.3 Å². The minimum Gasteiger partial charge on any atom is -0.333 e. The summed E-state index contributed by atoms with van der Waals surface area (Å²) in [5.41, 5.74) is 0.884. The van der Waals surface area contributed by atoms with Crippen LogP contribution in [0.3, 0.4) is 0 Å². The fourth-order valence-corrected chi connectivity index (χ4v) is 3.18. The summed E-state index contributed by atoms with van der Waals surface area (Å²) < 4.78 is 0. The molecule has 0 saturated carbocycles. The second kappa shape index (κ2) is 12.0. The van der Waals surface area contributed by atoms with Crippen molar-refractivity contribution in [3.8, 4) is 0 Å². The van der Waals surface area contributed by atoms with Crippen molar-refractivity contribution in [2.24, 2.45) is 0 Å². The molecule has 1 heterocycles. The lowest BCUT2D eigenvalue weighted by Crippen LogP contribution is -2.39. The van der Waals surface area contributed by atoms with Crippen LogP contribution in [0.2, 0.25) is 0 Å². The molecule has 0 radical (unpaired) electrons. The molecule has 0 aliphatic heterocycles. The van der Waals surface area contributed by atoms with Gasteiger partial charge in [-0.1, -0.05) is 26.2 Å². The first-order chi connectivity index (χ1) is 11.9. The van der Waals surface area contributed by atoms with Gasteiger partial charge in [-0.3, -0.25) is 9.59 Å². The van der Waals surface area contributed by atoms with E-state index in [1.165, 1.54) is 11.3 Å². The summed E-state index contributed by atoms with van der Waals surface area (Å²) in [6.45, 7) is 5.64. The summed E-state index contributed by atoms with van der Waals surface area (Å²) >= 11 is 1.40. The van der Waals surface area contributed by atoms with Crippen molar-refractivity contribution in [2.45, 2.75) is 52.4 Å². The van der Waals surface area contributed by atoms with Crippen LogP contribution in [0.4, 0.5) is 5.13 Å². The van der Waals surface area contributed by atoms with Gasteiger partial charge in [-0.05, 0) is 40.4 Å². The van der Waals surface area contributed by atoms with Crippen molar-refractivity contribution in [3.05, 3.63) is 11.1 Å². The third-order valence-electron chi connectivity index (χ3n) is 3.83. The lowest BCUT2D eigenvalue weighted by Gasteiger charge is -2.23. The molecule has 1 N–H and O–H groups in total. The predicted octanol–water partition coefficient (Wildman–Crippen LogP) is 3.14. The zero-order chi connectivity index (χ0) is 18.7. The van der Waals surface area contributed by atoms with Crippen molar-refractivity contribution in [3.63, 3.8) is 0 Å². The van der Waals surface area contributed by atoms with Crippen LogP contribution in [0.25, 0.3) is 0 Å². The molecule has 7 heteroatoms. The lowest BCUT2D eigenvalue weighted by molar-refractivity contribution is -0.134. The molecule has 0 fully saturated rings. The largest absolute Gasteiger partial charge is 0.333 e. The fourth-order valence-electron chi connectivity index (χ4n) is 2.47. The first-order valence-electron chi connectivity index (χ1n) is 9.06. The Balaban J connectivity index is 2.52.